The number of rotatable bonds is 5. The van der Waals surface area contributed by atoms with E-state index in [9.17, 15) is 13.2 Å². The zero-order chi connectivity index (χ0) is 24.6. The molecule has 0 saturated carbocycles. The fourth-order valence-electron chi connectivity index (χ4n) is 4.67. The van der Waals surface area contributed by atoms with Crippen LogP contribution in [0.4, 0.5) is 11.5 Å². The lowest BCUT2D eigenvalue weighted by molar-refractivity contribution is 0.321. The second-order valence-electron chi connectivity index (χ2n) is 9.00. The van der Waals surface area contributed by atoms with Crippen LogP contribution < -0.4 is 10.9 Å². The molecule has 0 atom stereocenters. The number of hydrogen-bond donors (Lipinski definition) is 2. The summed E-state index contributed by atoms with van der Waals surface area (Å²) in [5.74, 6) is 0.803. The molecule has 0 aliphatic carbocycles. The summed E-state index contributed by atoms with van der Waals surface area (Å²) in [6, 6.07) is 13.8. The van der Waals surface area contributed by atoms with Crippen molar-refractivity contribution in [1.29, 1.82) is 0 Å². The highest BCUT2D eigenvalue weighted by Gasteiger charge is 2.25. The van der Waals surface area contributed by atoms with Gasteiger partial charge in [-0.15, -0.1) is 0 Å². The number of nitrogens with zero attached hydrogens (tertiary/aromatic N) is 3. The van der Waals surface area contributed by atoms with Crippen LogP contribution >= 0.6 is 0 Å². The van der Waals surface area contributed by atoms with Crippen LogP contribution in [0.1, 0.15) is 29.9 Å². The fourth-order valence-corrected chi connectivity index (χ4v) is 5.54. The van der Waals surface area contributed by atoms with Crippen molar-refractivity contribution in [2.24, 2.45) is 0 Å². The maximum Gasteiger partial charge on any atom is 0.259 e. The van der Waals surface area contributed by atoms with Crippen molar-refractivity contribution in [2.45, 2.75) is 25.7 Å². The van der Waals surface area contributed by atoms with Crippen LogP contribution in [0.3, 0.4) is 0 Å². The molecule has 1 aliphatic heterocycles. The molecule has 0 unspecified atom stereocenters. The minimum Gasteiger partial charge on any atom is -0.340 e. The van der Waals surface area contributed by atoms with E-state index in [0.29, 0.717) is 30.2 Å². The van der Waals surface area contributed by atoms with Gasteiger partial charge < -0.3 is 10.3 Å². The molecule has 180 valence electrons. The highest BCUT2D eigenvalue weighted by Crippen LogP contribution is 2.32. The van der Waals surface area contributed by atoms with Crippen molar-refractivity contribution in [1.82, 2.24) is 19.3 Å². The number of H-pyrrole nitrogens is 1. The second kappa shape index (κ2) is 9.24. The lowest BCUT2D eigenvalue weighted by Gasteiger charge is -2.30. The molecule has 3 aromatic heterocycles. The van der Waals surface area contributed by atoms with Crippen LogP contribution in [-0.4, -0.2) is 47.0 Å². The van der Waals surface area contributed by atoms with Gasteiger partial charge in [-0.25, -0.2) is 17.7 Å². The topological polar surface area (TPSA) is 108 Å². The van der Waals surface area contributed by atoms with E-state index in [1.165, 1.54) is 11.8 Å². The average Bonchev–Trinajstić information content (AvgIpc) is 2.84. The first-order valence-corrected chi connectivity index (χ1v) is 13.4. The monoisotopic (exact) mass is 489 g/mol. The first-order valence-electron chi connectivity index (χ1n) is 11.5. The summed E-state index contributed by atoms with van der Waals surface area (Å²) in [5.41, 5.74) is 4.49. The summed E-state index contributed by atoms with van der Waals surface area (Å²) < 4.78 is 25.1. The normalized spacial score (nSPS) is 15.4. The van der Waals surface area contributed by atoms with Crippen molar-refractivity contribution in [3.05, 3.63) is 82.5 Å². The molecule has 0 bridgehead atoms. The molecule has 0 radical (unpaired) electrons. The van der Waals surface area contributed by atoms with Gasteiger partial charge in [0.25, 0.3) is 5.56 Å². The summed E-state index contributed by atoms with van der Waals surface area (Å²) in [4.78, 5) is 24.4. The van der Waals surface area contributed by atoms with E-state index in [1.54, 1.807) is 22.9 Å². The van der Waals surface area contributed by atoms with Crippen molar-refractivity contribution in [3.63, 3.8) is 0 Å². The molecule has 1 saturated heterocycles. The quantitative estimate of drug-likeness (QED) is 0.436. The number of fused-ring (bicyclic) bond motifs is 1. The zero-order valence-electron chi connectivity index (χ0n) is 19.7. The summed E-state index contributed by atoms with van der Waals surface area (Å²) in [7, 11) is -3.14. The molecular weight excluding hydrogens is 462 g/mol. The molecule has 4 heterocycles. The molecule has 9 heteroatoms. The van der Waals surface area contributed by atoms with Crippen LogP contribution in [0, 0.1) is 6.92 Å². The smallest absolute Gasteiger partial charge is 0.259 e. The number of sulfonamides is 1. The second-order valence-corrected chi connectivity index (χ2v) is 11.0. The van der Waals surface area contributed by atoms with Gasteiger partial charge in [-0.3, -0.25) is 9.78 Å². The van der Waals surface area contributed by atoms with E-state index in [0.717, 1.165) is 40.7 Å². The van der Waals surface area contributed by atoms with Crippen molar-refractivity contribution < 1.29 is 8.42 Å². The van der Waals surface area contributed by atoms with Crippen molar-refractivity contribution in [2.75, 3.05) is 24.7 Å². The van der Waals surface area contributed by atoms with E-state index in [-0.39, 0.29) is 5.56 Å². The number of nitrogens with one attached hydrogen (secondary N) is 2. The number of anilines is 2. The van der Waals surface area contributed by atoms with E-state index >= 15 is 0 Å². The molecule has 8 nitrogen and oxygen atoms in total. The minimum atomic E-state index is -3.14. The first-order chi connectivity index (χ1) is 16.8. The average molecular weight is 490 g/mol. The Bertz CT molecular complexity index is 1540. The standard InChI is InChI=1S/C26H27N5O3S/c1-17-7-11-27-16-22(17)23-15-20-8-12-28-26(32)24(20)25(30-23)29-21-5-3-18(4-6-21)19-9-13-31(14-10-19)35(2,33)34/h3-8,11-12,15-16,19H,9-10,13-14H2,1-2H3,(H,28,32)(H,29,30). The zero-order valence-corrected chi connectivity index (χ0v) is 20.5. The van der Waals surface area contributed by atoms with Gasteiger partial charge in [-0.05, 0) is 72.5 Å². The third-order valence-corrected chi connectivity index (χ3v) is 7.94. The Morgan fingerprint density at radius 2 is 1.83 bits per heavy atom. The van der Waals surface area contributed by atoms with Crippen LogP contribution in [0.2, 0.25) is 0 Å². The van der Waals surface area contributed by atoms with E-state index in [1.807, 2.05) is 37.3 Å². The lowest BCUT2D eigenvalue weighted by atomic mass is 9.90. The largest absolute Gasteiger partial charge is 0.340 e. The number of pyridine rings is 3. The Morgan fingerprint density at radius 1 is 1.09 bits per heavy atom. The number of aromatic amines is 1. The van der Waals surface area contributed by atoms with Crippen molar-refractivity contribution in [3.8, 4) is 11.3 Å². The summed E-state index contributed by atoms with van der Waals surface area (Å²) in [5, 5.41) is 4.62. The first kappa shape index (κ1) is 23.2. The minimum absolute atomic E-state index is 0.207. The Balaban J connectivity index is 1.44. The number of hydrogen-bond acceptors (Lipinski definition) is 6. The summed E-state index contributed by atoms with van der Waals surface area (Å²) in [6.45, 7) is 3.10. The van der Waals surface area contributed by atoms with Crippen LogP contribution in [-0.2, 0) is 10.0 Å². The van der Waals surface area contributed by atoms with Gasteiger partial charge in [0.05, 0.1) is 17.3 Å². The SMILES string of the molecule is Cc1ccncc1-c1cc2cc[nH]c(=O)c2c(Nc2ccc(C3CCN(S(C)(=O)=O)CC3)cc2)n1. The van der Waals surface area contributed by atoms with Gasteiger partial charge in [0.1, 0.15) is 5.82 Å². The van der Waals surface area contributed by atoms with Gasteiger partial charge in [0.2, 0.25) is 10.0 Å². The maximum absolute atomic E-state index is 12.7. The van der Waals surface area contributed by atoms with Gasteiger partial charge >= 0.3 is 0 Å². The Hall–Kier alpha value is -3.56. The van der Waals surface area contributed by atoms with Crippen molar-refractivity contribution >= 4 is 32.3 Å². The molecule has 1 aliphatic rings. The van der Waals surface area contributed by atoms with E-state index in [4.69, 9.17) is 4.98 Å². The van der Waals surface area contributed by atoms with Gasteiger partial charge in [-0.2, -0.15) is 0 Å². The molecule has 35 heavy (non-hydrogen) atoms. The molecule has 5 rings (SSSR count). The number of aryl methyl sites for hydroxylation is 1. The predicted octanol–water partition coefficient (Wildman–Crippen LogP) is 4.18. The van der Waals surface area contributed by atoms with Gasteiger partial charge in [0, 0.05) is 42.9 Å². The molecule has 0 spiro atoms. The summed E-state index contributed by atoms with van der Waals surface area (Å²) in [6.07, 6.45) is 8.03. The molecule has 2 N–H and O–H groups in total. The summed E-state index contributed by atoms with van der Waals surface area (Å²) >= 11 is 0. The number of piperidine rings is 1. The highest BCUT2D eigenvalue weighted by molar-refractivity contribution is 7.88. The van der Waals surface area contributed by atoms with E-state index < -0.39 is 10.0 Å². The Kier molecular flexibility index (Phi) is 6.12. The highest BCUT2D eigenvalue weighted by atomic mass is 32.2. The third kappa shape index (κ3) is 4.82. The van der Waals surface area contributed by atoms with E-state index in [2.05, 4.69) is 27.4 Å². The van der Waals surface area contributed by atoms with Crippen LogP contribution in [0.25, 0.3) is 22.0 Å². The number of aromatic nitrogens is 3. The Morgan fingerprint density at radius 3 is 2.51 bits per heavy atom. The fraction of sp³-hybridized carbons (Fsp3) is 0.269. The van der Waals surface area contributed by atoms with Crippen LogP contribution in [0.5, 0.6) is 0 Å². The molecule has 4 aromatic rings. The molecule has 0 amide bonds. The lowest BCUT2D eigenvalue weighted by Crippen LogP contribution is -2.37. The van der Waals surface area contributed by atoms with Gasteiger partial charge in [-0.1, -0.05) is 12.1 Å². The number of benzene rings is 1. The van der Waals surface area contributed by atoms with Gasteiger partial charge in [0.15, 0.2) is 0 Å². The molecular formula is C26H27N5O3S. The maximum atomic E-state index is 12.7. The predicted molar refractivity (Wildman–Crippen MR) is 138 cm³/mol. The third-order valence-electron chi connectivity index (χ3n) is 6.64. The Labute approximate surface area is 204 Å². The molecule has 1 fully saturated rings. The van der Waals surface area contributed by atoms with Crippen LogP contribution in [0.15, 0.2) is 65.8 Å². The molecule has 1 aromatic carbocycles.